The minimum atomic E-state index is -0.611. The van der Waals surface area contributed by atoms with Crippen LogP contribution in [0.15, 0.2) is 30.3 Å². The Hall–Kier alpha value is -0.860. The van der Waals surface area contributed by atoms with Crippen LogP contribution in [0.25, 0.3) is 0 Å². The van der Waals surface area contributed by atoms with Gasteiger partial charge in [-0.05, 0) is 36.7 Å². The zero-order valence-electron chi connectivity index (χ0n) is 16.2. The number of hydrogen-bond acceptors (Lipinski definition) is 1. The molecule has 138 valence electrons. The summed E-state index contributed by atoms with van der Waals surface area (Å²) in [6.45, 7) is 0. The molecule has 3 aliphatic rings. The van der Waals surface area contributed by atoms with Gasteiger partial charge in [-0.15, -0.1) is 0 Å². The second-order valence-electron chi connectivity index (χ2n) is 9.68. The predicted octanol–water partition coefficient (Wildman–Crippen LogP) is 4.86. The van der Waals surface area contributed by atoms with E-state index in [0.717, 1.165) is 18.5 Å². The smallest absolute Gasteiger partial charge is 0.0927 e. The molecule has 1 N–H and O–H groups in total. The molecule has 1 aliphatic carbocycles. The van der Waals surface area contributed by atoms with E-state index in [4.69, 9.17) is 0 Å². The molecular formula is C23H36NO+. The first-order valence-electron chi connectivity index (χ1n) is 10.6. The Labute approximate surface area is 153 Å². The van der Waals surface area contributed by atoms with E-state index in [-0.39, 0.29) is 0 Å². The molecule has 2 saturated heterocycles. The molecule has 2 bridgehead atoms. The van der Waals surface area contributed by atoms with Crippen molar-refractivity contribution < 1.29 is 9.59 Å². The third-order valence-corrected chi connectivity index (χ3v) is 8.08. The highest BCUT2D eigenvalue weighted by molar-refractivity contribution is 5.24. The van der Waals surface area contributed by atoms with Gasteiger partial charge >= 0.3 is 0 Å². The summed E-state index contributed by atoms with van der Waals surface area (Å²) in [7, 11) is 4.87. The first-order valence-corrected chi connectivity index (χ1v) is 10.6. The van der Waals surface area contributed by atoms with Gasteiger partial charge in [0.2, 0.25) is 0 Å². The lowest BCUT2D eigenvalue weighted by molar-refractivity contribution is -0.931. The lowest BCUT2D eigenvalue weighted by atomic mass is 9.68. The van der Waals surface area contributed by atoms with E-state index in [1.165, 1.54) is 67.8 Å². The molecule has 1 aromatic carbocycles. The molecule has 0 radical (unpaired) electrons. The molecule has 25 heavy (non-hydrogen) atoms. The molecule has 0 amide bonds. The molecule has 2 heterocycles. The van der Waals surface area contributed by atoms with Gasteiger partial charge in [0.15, 0.2) is 0 Å². The molecule has 2 unspecified atom stereocenters. The van der Waals surface area contributed by atoms with Gasteiger partial charge in [0.05, 0.1) is 31.8 Å². The van der Waals surface area contributed by atoms with Gasteiger partial charge in [-0.1, -0.05) is 49.6 Å². The fraction of sp³-hybridized carbons (Fsp3) is 0.739. The number of rotatable bonds is 4. The maximum atomic E-state index is 12.0. The molecule has 1 aromatic rings. The summed E-state index contributed by atoms with van der Waals surface area (Å²) >= 11 is 0. The van der Waals surface area contributed by atoms with Crippen molar-refractivity contribution in [3.05, 3.63) is 35.9 Å². The second kappa shape index (κ2) is 6.70. The largest absolute Gasteiger partial charge is 0.385 e. The van der Waals surface area contributed by atoms with Crippen molar-refractivity contribution in [3.63, 3.8) is 0 Å². The van der Waals surface area contributed by atoms with Gasteiger partial charge in [-0.3, -0.25) is 0 Å². The number of piperidine rings is 1. The normalized spacial score (nSPS) is 34.6. The SMILES string of the molecule is C[N+]1(C)[C@@H]2CC[C@H]1CC(CC(O)(c1ccccc1)C1CCCCC1)C2. The summed E-state index contributed by atoms with van der Waals surface area (Å²) in [5.74, 6) is 1.14. The van der Waals surface area contributed by atoms with Crippen molar-refractivity contribution in [1.29, 1.82) is 0 Å². The summed E-state index contributed by atoms with van der Waals surface area (Å²) in [5.41, 5.74) is 0.564. The minimum Gasteiger partial charge on any atom is -0.385 e. The van der Waals surface area contributed by atoms with Crippen LogP contribution in [-0.4, -0.2) is 35.8 Å². The van der Waals surface area contributed by atoms with Crippen LogP contribution in [-0.2, 0) is 5.60 Å². The van der Waals surface area contributed by atoms with Crippen LogP contribution in [0.4, 0.5) is 0 Å². The number of benzene rings is 1. The lowest BCUT2D eigenvalue weighted by Gasteiger charge is -2.47. The molecule has 2 heteroatoms. The average Bonchev–Trinajstić information content (AvgIpc) is 2.80. The topological polar surface area (TPSA) is 20.2 Å². The molecular weight excluding hydrogens is 306 g/mol. The minimum absolute atomic E-state index is 0.450. The monoisotopic (exact) mass is 342 g/mol. The highest BCUT2D eigenvalue weighted by Crippen LogP contribution is 2.49. The van der Waals surface area contributed by atoms with Crippen LogP contribution in [0.1, 0.15) is 69.8 Å². The number of hydrogen-bond donors (Lipinski definition) is 1. The van der Waals surface area contributed by atoms with E-state index in [1.54, 1.807) is 0 Å². The zero-order valence-corrected chi connectivity index (χ0v) is 16.2. The molecule has 2 aliphatic heterocycles. The zero-order chi connectivity index (χ0) is 17.5. The van der Waals surface area contributed by atoms with E-state index in [1.807, 2.05) is 0 Å². The van der Waals surface area contributed by atoms with Crippen LogP contribution >= 0.6 is 0 Å². The van der Waals surface area contributed by atoms with Gasteiger partial charge in [0.1, 0.15) is 0 Å². The van der Waals surface area contributed by atoms with E-state index in [9.17, 15) is 5.11 Å². The van der Waals surface area contributed by atoms with Crippen LogP contribution in [0.5, 0.6) is 0 Å². The van der Waals surface area contributed by atoms with Crippen LogP contribution < -0.4 is 0 Å². The molecule has 2 nitrogen and oxygen atoms in total. The Bertz CT molecular complexity index is 561. The van der Waals surface area contributed by atoms with Crippen LogP contribution in [0.3, 0.4) is 0 Å². The van der Waals surface area contributed by atoms with Crippen molar-refractivity contribution in [1.82, 2.24) is 0 Å². The third-order valence-electron chi connectivity index (χ3n) is 8.08. The number of aliphatic hydroxyl groups is 1. The van der Waals surface area contributed by atoms with E-state index < -0.39 is 5.60 Å². The van der Waals surface area contributed by atoms with E-state index >= 15 is 0 Å². The van der Waals surface area contributed by atoms with Crippen molar-refractivity contribution in [2.45, 2.75) is 81.9 Å². The number of fused-ring (bicyclic) bond motifs is 2. The summed E-state index contributed by atoms with van der Waals surface area (Å²) in [5, 5.41) is 12.0. The Morgan fingerprint density at radius 2 is 1.52 bits per heavy atom. The maximum Gasteiger partial charge on any atom is 0.0927 e. The van der Waals surface area contributed by atoms with Gasteiger partial charge in [0.25, 0.3) is 0 Å². The first kappa shape index (κ1) is 17.5. The van der Waals surface area contributed by atoms with Gasteiger partial charge in [-0.25, -0.2) is 0 Å². The Balaban J connectivity index is 1.57. The summed E-state index contributed by atoms with van der Waals surface area (Å²) in [6, 6.07) is 12.3. The maximum absolute atomic E-state index is 12.0. The van der Waals surface area contributed by atoms with Crippen LogP contribution in [0.2, 0.25) is 0 Å². The first-order chi connectivity index (χ1) is 12.0. The second-order valence-corrected chi connectivity index (χ2v) is 9.68. The molecule has 4 atom stereocenters. The average molecular weight is 343 g/mol. The molecule has 0 spiro atoms. The van der Waals surface area contributed by atoms with Crippen molar-refractivity contribution in [3.8, 4) is 0 Å². The van der Waals surface area contributed by atoms with Gasteiger partial charge in [0, 0.05) is 25.7 Å². The Kier molecular flexibility index (Phi) is 4.70. The highest BCUT2D eigenvalue weighted by atomic mass is 16.3. The van der Waals surface area contributed by atoms with Crippen molar-refractivity contribution in [2.24, 2.45) is 11.8 Å². The summed E-state index contributed by atoms with van der Waals surface area (Å²) in [6.07, 6.45) is 12.7. The van der Waals surface area contributed by atoms with Crippen molar-refractivity contribution >= 4 is 0 Å². The molecule has 0 aromatic heterocycles. The molecule has 3 fully saturated rings. The van der Waals surface area contributed by atoms with Crippen LogP contribution in [0, 0.1) is 11.8 Å². The van der Waals surface area contributed by atoms with Gasteiger partial charge < -0.3 is 9.59 Å². The summed E-state index contributed by atoms with van der Waals surface area (Å²) < 4.78 is 1.23. The Morgan fingerprint density at radius 3 is 2.12 bits per heavy atom. The molecule has 4 rings (SSSR count). The summed E-state index contributed by atoms with van der Waals surface area (Å²) in [4.78, 5) is 0. The Morgan fingerprint density at radius 1 is 0.920 bits per heavy atom. The lowest BCUT2D eigenvalue weighted by Crippen LogP contribution is -2.55. The number of nitrogens with zero attached hydrogens (tertiary/aromatic N) is 1. The highest BCUT2D eigenvalue weighted by Gasteiger charge is 2.51. The predicted molar refractivity (Wildman–Crippen MR) is 103 cm³/mol. The standard InChI is InChI=1S/C23H36NO/c1-24(2)21-13-14-22(24)16-18(15-21)17-23(25,19-9-5-3-6-10-19)20-11-7-4-8-12-20/h3,5-6,9-10,18,20-22,25H,4,7-8,11-17H2,1-2H3/q+1/t18?,21-,22+,23?. The third kappa shape index (κ3) is 3.17. The molecule has 1 saturated carbocycles. The fourth-order valence-corrected chi connectivity index (χ4v) is 6.43. The number of quaternary nitrogens is 1. The van der Waals surface area contributed by atoms with Gasteiger partial charge in [-0.2, -0.15) is 0 Å². The van der Waals surface area contributed by atoms with E-state index in [0.29, 0.717) is 11.8 Å². The van der Waals surface area contributed by atoms with Crippen molar-refractivity contribution in [2.75, 3.05) is 14.1 Å². The van der Waals surface area contributed by atoms with E-state index in [2.05, 4.69) is 44.4 Å². The quantitative estimate of drug-likeness (QED) is 0.775. The fourth-order valence-electron chi connectivity index (χ4n) is 6.43.